The number of hydrogen-bond acceptors (Lipinski definition) is 4. The molecular formula is C11H15F2N3OS. The molecule has 0 bridgehead atoms. The monoisotopic (exact) mass is 275 g/mol. The van der Waals surface area contributed by atoms with Gasteiger partial charge in [-0.05, 0) is 6.42 Å². The van der Waals surface area contributed by atoms with Gasteiger partial charge in [0, 0.05) is 19.7 Å². The number of halogens is 2. The van der Waals surface area contributed by atoms with Crippen molar-refractivity contribution in [2.75, 3.05) is 24.7 Å². The third kappa shape index (κ3) is 4.14. The maximum Gasteiger partial charge on any atom is 0.230 e. The summed E-state index contributed by atoms with van der Waals surface area (Å²) in [7, 11) is 1.49. The first-order chi connectivity index (χ1) is 8.58. The van der Waals surface area contributed by atoms with Crippen LogP contribution in [-0.4, -0.2) is 30.2 Å². The van der Waals surface area contributed by atoms with Crippen LogP contribution in [0.15, 0.2) is 11.1 Å². The first-order valence-corrected chi connectivity index (χ1v) is 6.50. The van der Waals surface area contributed by atoms with Crippen LogP contribution in [0.2, 0.25) is 0 Å². The molecule has 0 aromatic carbocycles. The van der Waals surface area contributed by atoms with Crippen LogP contribution in [-0.2, 0) is 4.79 Å². The van der Waals surface area contributed by atoms with E-state index in [0.29, 0.717) is 6.54 Å². The Balaban J connectivity index is 2.64. The van der Waals surface area contributed by atoms with E-state index < -0.39 is 11.6 Å². The highest BCUT2D eigenvalue weighted by atomic mass is 32.2. The molecule has 1 aromatic heterocycles. The second kappa shape index (κ2) is 7.15. The lowest BCUT2D eigenvalue weighted by Gasteiger charge is -2.07. The van der Waals surface area contributed by atoms with E-state index in [-0.39, 0.29) is 22.5 Å². The summed E-state index contributed by atoms with van der Waals surface area (Å²) < 4.78 is 26.5. The molecule has 0 unspecified atom stereocenters. The second-order valence-electron chi connectivity index (χ2n) is 3.49. The van der Waals surface area contributed by atoms with Crippen molar-refractivity contribution < 1.29 is 13.6 Å². The number of nitrogens with zero attached hydrogens (tertiary/aromatic N) is 1. The Morgan fingerprint density at radius 2 is 2.17 bits per heavy atom. The normalized spacial score (nSPS) is 10.2. The fraction of sp³-hybridized carbons (Fsp3) is 0.455. The summed E-state index contributed by atoms with van der Waals surface area (Å²) in [6, 6.07) is 0.755. The van der Waals surface area contributed by atoms with E-state index in [0.717, 1.165) is 24.2 Å². The maximum absolute atomic E-state index is 13.4. The molecule has 0 aliphatic heterocycles. The predicted molar refractivity (Wildman–Crippen MR) is 67.7 cm³/mol. The van der Waals surface area contributed by atoms with Gasteiger partial charge in [-0.3, -0.25) is 4.79 Å². The van der Waals surface area contributed by atoms with Gasteiger partial charge < -0.3 is 10.6 Å². The highest BCUT2D eigenvalue weighted by Crippen LogP contribution is 2.23. The zero-order valence-electron chi connectivity index (χ0n) is 10.2. The zero-order chi connectivity index (χ0) is 13.5. The van der Waals surface area contributed by atoms with Crippen molar-refractivity contribution in [3.05, 3.63) is 17.7 Å². The van der Waals surface area contributed by atoms with Crippen LogP contribution in [0.5, 0.6) is 0 Å². The van der Waals surface area contributed by atoms with Gasteiger partial charge in [0.05, 0.1) is 5.75 Å². The molecule has 18 heavy (non-hydrogen) atoms. The van der Waals surface area contributed by atoms with E-state index in [1.807, 2.05) is 6.92 Å². The van der Waals surface area contributed by atoms with Crippen molar-refractivity contribution in [3.8, 4) is 0 Å². The number of carbonyl (C=O) groups is 1. The number of anilines is 1. The smallest absolute Gasteiger partial charge is 0.230 e. The molecule has 0 saturated heterocycles. The van der Waals surface area contributed by atoms with E-state index >= 15 is 0 Å². The van der Waals surface area contributed by atoms with Crippen LogP contribution in [0.4, 0.5) is 14.6 Å². The molecular weight excluding hydrogens is 260 g/mol. The SMILES string of the molecule is CCCNC(=O)CSc1nc(NC)c(F)cc1F. The standard InChI is InChI=1S/C11H15F2N3OS/c1-3-4-15-9(17)6-18-11-8(13)5-7(12)10(14-2)16-11/h5H,3-4,6H2,1-2H3,(H,14,16)(H,15,17). The van der Waals surface area contributed by atoms with E-state index in [1.54, 1.807) is 0 Å². The van der Waals surface area contributed by atoms with E-state index in [4.69, 9.17) is 0 Å². The minimum atomic E-state index is -0.764. The van der Waals surface area contributed by atoms with Crippen LogP contribution >= 0.6 is 11.8 Å². The van der Waals surface area contributed by atoms with Crippen LogP contribution < -0.4 is 10.6 Å². The van der Waals surface area contributed by atoms with Crippen molar-refractivity contribution in [2.45, 2.75) is 18.4 Å². The van der Waals surface area contributed by atoms with Crippen LogP contribution in [0, 0.1) is 11.6 Å². The van der Waals surface area contributed by atoms with Gasteiger partial charge in [0.2, 0.25) is 5.91 Å². The molecule has 0 saturated carbocycles. The number of thioether (sulfide) groups is 1. The molecule has 2 N–H and O–H groups in total. The molecule has 1 heterocycles. The van der Waals surface area contributed by atoms with E-state index in [9.17, 15) is 13.6 Å². The number of hydrogen-bond donors (Lipinski definition) is 2. The number of amides is 1. The molecule has 0 spiro atoms. The van der Waals surface area contributed by atoms with E-state index in [1.165, 1.54) is 7.05 Å². The van der Waals surface area contributed by atoms with Crippen LogP contribution in [0.3, 0.4) is 0 Å². The Bertz CT molecular complexity index is 429. The molecule has 0 aliphatic carbocycles. The third-order valence-electron chi connectivity index (χ3n) is 2.05. The lowest BCUT2D eigenvalue weighted by atomic mass is 10.4. The largest absolute Gasteiger partial charge is 0.371 e. The molecule has 0 aliphatic rings. The molecule has 0 radical (unpaired) electrons. The van der Waals surface area contributed by atoms with Crippen molar-refractivity contribution in [3.63, 3.8) is 0 Å². The quantitative estimate of drug-likeness (QED) is 0.780. The van der Waals surface area contributed by atoms with Gasteiger partial charge in [-0.2, -0.15) is 0 Å². The van der Waals surface area contributed by atoms with Gasteiger partial charge in [0.15, 0.2) is 17.5 Å². The Hall–Kier alpha value is -1.37. The van der Waals surface area contributed by atoms with Gasteiger partial charge in [-0.15, -0.1) is 0 Å². The van der Waals surface area contributed by atoms with Crippen LogP contribution in [0.1, 0.15) is 13.3 Å². The van der Waals surface area contributed by atoms with Gasteiger partial charge >= 0.3 is 0 Å². The highest BCUT2D eigenvalue weighted by molar-refractivity contribution is 7.99. The number of pyridine rings is 1. The number of aromatic nitrogens is 1. The predicted octanol–water partition coefficient (Wildman–Crippen LogP) is 2.02. The number of nitrogens with one attached hydrogen (secondary N) is 2. The van der Waals surface area contributed by atoms with Gasteiger partial charge in [-0.1, -0.05) is 18.7 Å². The van der Waals surface area contributed by atoms with Crippen molar-refractivity contribution in [1.29, 1.82) is 0 Å². The lowest BCUT2D eigenvalue weighted by Crippen LogP contribution is -2.25. The molecule has 0 atom stereocenters. The summed E-state index contributed by atoms with van der Waals surface area (Å²) in [5.41, 5.74) is 0. The molecule has 1 amide bonds. The first-order valence-electron chi connectivity index (χ1n) is 5.51. The van der Waals surface area contributed by atoms with Gasteiger partial charge in [0.1, 0.15) is 5.03 Å². The second-order valence-corrected chi connectivity index (χ2v) is 4.46. The summed E-state index contributed by atoms with van der Waals surface area (Å²) >= 11 is 0.939. The Labute approximate surface area is 109 Å². The summed E-state index contributed by atoms with van der Waals surface area (Å²) in [6.45, 7) is 2.52. The molecule has 1 aromatic rings. The topological polar surface area (TPSA) is 54.0 Å². The third-order valence-corrected chi connectivity index (χ3v) is 3.01. The summed E-state index contributed by atoms with van der Waals surface area (Å²) in [5, 5.41) is 5.19. The van der Waals surface area contributed by atoms with Gasteiger partial charge in [0.25, 0.3) is 0 Å². The molecule has 1 rings (SSSR count). The lowest BCUT2D eigenvalue weighted by molar-refractivity contribution is -0.118. The molecule has 4 nitrogen and oxygen atoms in total. The summed E-state index contributed by atoms with van der Waals surface area (Å²) in [6.07, 6.45) is 0.837. The fourth-order valence-electron chi connectivity index (χ4n) is 1.18. The Morgan fingerprint density at radius 3 is 2.78 bits per heavy atom. The van der Waals surface area contributed by atoms with Gasteiger partial charge in [-0.25, -0.2) is 13.8 Å². The average molecular weight is 275 g/mol. The first kappa shape index (κ1) is 14.7. The van der Waals surface area contributed by atoms with Crippen molar-refractivity contribution in [2.24, 2.45) is 0 Å². The zero-order valence-corrected chi connectivity index (χ0v) is 11.0. The van der Waals surface area contributed by atoms with E-state index in [2.05, 4.69) is 15.6 Å². The molecule has 7 heteroatoms. The number of carbonyl (C=O) groups excluding carboxylic acids is 1. The Kier molecular flexibility index (Phi) is 5.84. The van der Waals surface area contributed by atoms with Crippen molar-refractivity contribution in [1.82, 2.24) is 10.3 Å². The highest BCUT2D eigenvalue weighted by Gasteiger charge is 2.12. The summed E-state index contributed by atoms with van der Waals surface area (Å²) in [5.74, 6) is -1.69. The minimum absolute atomic E-state index is 0.00685. The average Bonchev–Trinajstić information content (AvgIpc) is 2.35. The number of rotatable bonds is 6. The molecule has 0 fully saturated rings. The minimum Gasteiger partial charge on any atom is -0.371 e. The van der Waals surface area contributed by atoms with Crippen molar-refractivity contribution >= 4 is 23.5 Å². The Morgan fingerprint density at radius 1 is 1.44 bits per heavy atom. The summed E-state index contributed by atoms with van der Waals surface area (Å²) in [4.78, 5) is 15.1. The van der Waals surface area contributed by atoms with Crippen LogP contribution in [0.25, 0.3) is 0 Å². The maximum atomic E-state index is 13.4. The fourth-order valence-corrected chi connectivity index (χ4v) is 1.90. The molecule has 100 valence electrons.